The standard InChI is InChI=1S/C39H29N3O13/c1-51-25-12-8-21(9-13-25)35(44)33-31(39(48)55-5)29(37(46)53-3)27-19-23(15-17-41(27)33)22-14-16-40-26(18-22)28(36(45)52-2)30(38(47)54-4)32(40)34(43)20-6-10-24(11-7-20)42(49)50/h6-19H,1-5H3. The molecule has 4 aromatic heterocycles. The second kappa shape index (κ2) is 14.8. The maximum absolute atomic E-state index is 14.0. The molecular formula is C39H29N3O13. The molecule has 0 saturated heterocycles. The third kappa shape index (κ3) is 6.30. The Balaban J connectivity index is 1.60. The van der Waals surface area contributed by atoms with Gasteiger partial charge in [0.25, 0.3) is 5.69 Å². The molecule has 0 aliphatic heterocycles. The number of pyridine rings is 2. The summed E-state index contributed by atoms with van der Waals surface area (Å²) in [5.41, 5.74) is -0.931. The molecule has 0 bridgehead atoms. The fourth-order valence-corrected chi connectivity index (χ4v) is 6.28. The van der Waals surface area contributed by atoms with E-state index in [1.807, 2.05) is 0 Å². The van der Waals surface area contributed by atoms with Gasteiger partial charge in [-0.3, -0.25) is 19.7 Å². The number of nitro groups is 1. The fourth-order valence-electron chi connectivity index (χ4n) is 6.28. The molecule has 16 nitrogen and oxygen atoms in total. The van der Waals surface area contributed by atoms with Crippen molar-refractivity contribution in [2.45, 2.75) is 0 Å². The number of non-ortho nitro benzene ring substituents is 1. The highest BCUT2D eigenvalue weighted by molar-refractivity contribution is 6.21. The Hall–Kier alpha value is -7.62. The third-order valence-corrected chi connectivity index (χ3v) is 8.89. The lowest BCUT2D eigenvalue weighted by molar-refractivity contribution is -0.384. The molecule has 0 amide bonds. The average Bonchev–Trinajstić information content (AvgIpc) is 3.75. The number of benzene rings is 2. The minimum Gasteiger partial charge on any atom is -0.497 e. The first-order chi connectivity index (χ1) is 26.4. The molecule has 0 fully saturated rings. The number of rotatable bonds is 11. The van der Waals surface area contributed by atoms with Gasteiger partial charge >= 0.3 is 23.9 Å². The summed E-state index contributed by atoms with van der Waals surface area (Å²) in [5.74, 6) is -4.79. The molecule has 0 aliphatic rings. The van der Waals surface area contributed by atoms with Gasteiger partial charge in [0.1, 0.15) is 39.4 Å². The third-order valence-electron chi connectivity index (χ3n) is 8.89. The number of nitrogens with zero attached hydrogens (tertiary/aromatic N) is 3. The molecule has 278 valence electrons. The zero-order valence-electron chi connectivity index (χ0n) is 29.7. The Kier molecular flexibility index (Phi) is 9.98. The van der Waals surface area contributed by atoms with Gasteiger partial charge in [-0.05, 0) is 71.8 Å². The molecule has 16 heteroatoms. The first-order valence-electron chi connectivity index (χ1n) is 16.1. The first-order valence-corrected chi connectivity index (χ1v) is 16.1. The van der Waals surface area contributed by atoms with E-state index in [0.717, 1.165) is 40.6 Å². The number of ether oxygens (including phenoxy) is 5. The van der Waals surface area contributed by atoms with Crippen LogP contribution in [0.15, 0.2) is 85.2 Å². The minimum atomic E-state index is -1.03. The van der Waals surface area contributed by atoms with Crippen molar-refractivity contribution in [3.63, 3.8) is 0 Å². The van der Waals surface area contributed by atoms with Crippen molar-refractivity contribution < 1.29 is 57.4 Å². The summed E-state index contributed by atoms with van der Waals surface area (Å²) in [6.45, 7) is 0. The van der Waals surface area contributed by atoms with Crippen molar-refractivity contribution in [2.75, 3.05) is 35.5 Å². The van der Waals surface area contributed by atoms with E-state index in [0.29, 0.717) is 16.9 Å². The second-order valence-corrected chi connectivity index (χ2v) is 11.7. The van der Waals surface area contributed by atoms with Crippen molar-refractivity contribution in [2.24, 2.45) is 0 Å². The predicted octanol–water partition coefficient (Wildman–Crippen LogP) is 5.38. The molecule has 0 atom stereocenters. The van der Waals surface area contributed by atoms with Crippen LogP contribution >= 0.6 is 0 Å². The number of carbonyl (C=O) groups is 6. The molecule has 55 heavy (non-hydrogen) atoms. The lowest BCUT2D eigenvalue weighted by Crippen LogP contribution is -2.15. The molecule has 0 saturated carbocycles. The second-order valence-electron chi connectivity index (χ2n) is 11.7. The first kappa shape index (κ1) is 37.1. The minimum absolute atomic E-state index is 0.0222. The van der Waals surface area contributed by atoms with Gasteiger partial charge in [0.2, 0.25) is 11.6 Å². The number of fused-ring (bicyclic) bond motifs is 2. The molecule has 0 aliphatic carbocycles. The van der Waals surface area contributed by atoms with Crippen molar-refractivity contribution in [1.29, 1.82) is 0 Å². The molecule has 0 N–H and O–H groups in total. The van der Waals surface area contributed by atoms with Crippen LogP contribution < -0.4 is 4.74 Å². The van der Waals surface area contributed by atoms with Gasteiger partial charge in [-0.1, -0.05) is 0 Å². The Morgan fingerprint density at radius 2 is 0.891 bits per heavy atom. The van der Waals surface area contributed by atoms with Crippen LogP contribution in [0.4, 0.5) is 5.69 Å². The van der Waals surface area contributed by atoms with Crippen LogP contribution in [0.1, 0.15) is 73.5 Å². The van der Waals surface area contributed by atoms with Crippen LogP contribution in [0.25, 0.3) is 22.2 Å². The van der Waals surface area contributed by atoms with Crippen LogP contribution in [0.2, 0.25) is 0 Å². The lowest BCUT2D eigenvalue weighted by atomic mass is 10.0. The molecule has 6 rings (SSSR count). The van der Waals surface area contributed by atoms with E-state index >= 15 is 0 Å². The van der Waals surface area contributed by atoms with Gasteiger partial charge in [-0.25, -0.2) is 19.2 Å². The Bertz CT molecular complexity index is 2600. The highest BCUT2D eigenvalue weighted by Gasteiger charge is 2.35. The molecule has 0 radical (unpaired) electrons. The Morgan fingerprint density at radius 1 is 0.527 bits per heavy atom. The van der Waals surface area contributed by atoms with E-state index in [-0.39, 0.29) is 55.9 Å². The zero-order valence-corrected chi connectivity index (χ0v) is 29.7. The van der Waals surface area contributed by atoms with Crippen LogP contribution in [0, 0.1) is 10.1 Å². The SMILES string of the molecule is COC(=O)c1c(C(=O)OC)c2cc(-c3ccn4c(C(=O)c5ccc([N+](=O)[O-])cc5)c(C(=O)OC)c(C(=O)OC)c4c3)ccn2c1C(=O)c1ccc(OC)cc1. The summed E-state index contributed by atoms with van der Waals surface area (Å²) in [6.07, 6.45) is 2.89. The normalized spacial score (nSPS) is 10.9. The van der Waals surface area contributed by atoms with Crippen LogP contribution in [-0.4, -0.2) is 84.7 Å². The summed E-state index contributed by atoms with van der Waals surface area (Å²) < 4.78 is 27.9. The van der Waals surface area contributed by atoms with E-state index in [2.05, 4.69) is 0 Å². The van der Waals surface area contributed by atoms with Crippen molar-refractivity contribution in [1.82, 2.24) is 8.80 Å². The number of aromatic nitrogens is 2. The number of esters is 4. The molecule has 4 heterocycles. The van der Waals surface area contributed by atoms with Gasteiger partial charge in [-0.2, -0.15) is 0 Å². The summed E-state index contributed by atoms with van der Waals surface area (Å²) in [4.78, 5) is 91.7. The van der Waals surface area contributed by atoms with Gasteiger partial charge in [0.05, 0.1) is 51.5 Å². The summed E-state index contributed by atoms with van der Waals surface area (Å²) in [7, 11) is 5.85. The topological polar surface area (TPSA) is 201 Å². The van der Waals surface area contributed by atoms with E-state index in [4.69, 9.17) is 23.7 Å². The Labute approximate surface area is 310 Å². The number of hydrogen-bond donors (Lipinski definition) is 0. The quantitative estimate of drug-likeness (QED) is 0.0538. The Morgan fingerprint density at radius 3 is 1.24 bits per heavy atom. The van der Waals surface area contributed by atoms with Gasteiger partial charge in [0.15, 0.2) is 0 Å². The van der Waals surface area contributed by atoms with Gasteiger partial charge in [0, 0.05) is 35.7 Å². The number of nitro benzene ring substituents is 1. The summed E-state index contributed by atoms with van der Waals surface area (Å²) >= 11 is 0. The summed E-state index contributed by atoms with van der Waals surface area (Å²) in [6, 6.07) is 17.0. The lowest BCUT2D eigenvalue weighted by Gasteiger charge is -2.09. The predicted molar refractivity (Wildman–Crippen MR) is 192 cm³/mol. The van der Waals surface area contributed by atoms with Crippen LogP contribution in [-0.2, 0) is 18.9 Å². The van der Waals surface area contributed by atoms with Crippen LogP contribution in [0.3, 0.4) is 0 Å². The average molecular weight is 748 g/mol. The maximum Gasteiger partial charge on any atom is 0.341 e. The highest BCUT2D eigenvalue weighted by atomic mass is 16.6. The highest BCUT2D eigenvalue weighted by Crippen LogP contribution is 2.35. The van der Waals surface area contributed by atoms with E-state index < -0.39 is 45.9 Å². The maximum atomic E-state index is 14.0. The van der Waals surface area contributed by atoms with Crippen molar-refractivity contribution in [3.05, 3.63) is 140 Å². The largest absolute Gasteiger partial charge is 0.497 e. The zero-order chi connectivity index (χ0) is 39.7. The number of methoxy groups -OCH3 is 5. The van der Waals surface area contributed by atoms with E-state index in [9.17, 15) is 38.9 Å². The smallest absolute Gasteiger partial charge is 0.341 e. The van der Waals surface area contributed by atoms with Crippen LogP contribution in [0.5, 0.6) is 5.75 Å². The van der Waals surface area contributed by atoms with Gasteiger partial charge in [-0.15, -0.1) is 0 Å². The molecule has 2 aromatic carbocycles. The monoisotopic (exact) mass is 747 g/mol. The summed E-state index contributed by atoms with van der Waals surface area (Å²) in [5, 5.41) is 11.2. The van der Waals surface area contributed by atoms with Crippen molar-refractivity contribution in [3.8, 4) is 16.9 Å². The van der Waals surface area contributed by atoms with Gasteiger partial charge < -0.3 is 32.5 Å². The molecular weight excluding hydrogens is 718 g/mol. The fraction of sp³-hybridized carbons (Fsp3) is 0.128. The number of hydrogen-bond acceptors (Lipinski definition) is 13. The van der Waals surface area contributed by atoms with E-state index in [1.54, 1.807) is 24.3 Å². The van der Waals surface area contributed by atoms with E-state index in [1.165, 1.54) is 64.7 Å². The number of ketones is 2. The molecule has 0 unspecified atom stereocenters. The number of carbonyl (C=O) groups excluding carboxylic acids is 6. The molecule has 6 aromatic rings. The van der Waals surface area contributed by atoms with Crippen molar-refractivity contribution >= 4 is 52.2 Å². The molecule has 0 spiro atoms.